The molecule has 0 spiro atoms. The Morgan fingerprint density at radius 1 is 1.33 bits per heavy atom. The molecule has 1 saturated carbocycles. The fourth-order valence-corrected chi connectivity index (χ4v) is 2.89. The zero-order chi connectivity index (χ0) is 14.7. The summed E-state index contributed by atoms with van der Waals surface area (Å²) in [7, 11) is 0. The van der Waals surface area contributed by atoms with Crippen molar-refractivity contribution in [2.45, 2.75) is 31.3 Å². The van der Waals surface area contributed by atoms with E-state index < -0.39 is 5.60 Å². The van der Waals surface area contributed by atoms with E-state index in [2.05, 4.69) is 5.32 Å². The van der Waals surface area contributed by atoms with Crippen molar-refractivity contribution in [1.29, 1.82) is 0 Å². The number of hydrogen-bond donors (Lipinski definition) is 2. The highest BCUT2D eigenvalue weighted by Gasteiger charge is 2.36. The van der Waals surface area contributed by atoms with Gasteiger partial charge in [0.05, 0.1) is 25.3 Å². The van der Waals surface area contributed by atoms with E-state index in [1.807, 2.05) is 0 Å². The van der Waals surface area contributed by atoms with Crippen LogP contribution in [0.4, 0.5) is 0 Å². The van der Waals surface area contributed by atoms with Crippen LogP contribution in [0, 0.1) is 5.92 Å². The molecule has 2 heterocycles. The van der Waals surface area contributed by atoms with Gasteiger partial charge in [0.2, 0.25) is 5.91 Å². The Morgan fingerprint density at radius 3 is 2.76 bits per heavy atom. The fraction of sp³-hybridized carbons (Fsp3) is 0.438. The van der Waals surface area contributed by atoms with E-state index in [-0.39, 0.29) is 18.4 Å². The lowest BCUT2D eigenvalue weighted by atomic mass is 9.93. The molecule has 1 amide bonds. The van der Waals surface area contributed by atoms with Gasteiger partial charge in [-0.3, -0.25) is 4.79 Å². The molecule has 5 nitrogen and oxygen atoms in total. The van der Waals surface area contributed by atoms with E-state index in [9.17, 15) is 9.90 Å². The molecule has 0 aromatic carbocycles. The highest BCUT2D eigenvalue weighted by Crippen LogP contribution is 2.30. The second kappa shape index (κ2) is 5.77. The zero-order valence-electron chi connectivity index (χ0n) is 11.7. The summed E-state index contributed by atoms with van der Waals surface area (Å²) < 4.78 is 10.4. The van der Waals surface area contributed by atoms with Crippen LogP contribution in [-0.4, -0.2) is 17.6 Å². The van der Waals surface area contributed by atoms with Crippen LogP contribution in [0.15, 0.2) is 45.8 Å². The first-order chi connectivity index (χ1) is 10.2. The van der Waals surface area contributed by atoms with Crippen molar-refractivity contribution in [3.05, 3.63) is 48.3 Å². The molecule has 112 valence electrons. The van der Waals surface area contributed by atoms with E-state index >= 15 is 0 Å². The Hall–Kier alpha value is -2.01. The molecule has 0 saturated heterocycles. The largest absolute Gasteiger partial charge is 0.472 e. The van der Waals surface area contributed by atoms with E-state index in [1.54, 1.807) is 18.2 Å². The van der Waals surface area contributed by atoms with Crippen LogP contribution in [0.1, 0.15) is 37.0 Å². The van der Waals surface area contributed by atoms with Crippen molar-refractivity contribution >= 4 is 5.91 Å². The first-order valence-corrected chi connectivity index (χ1v) is 7.27. The minimum absolute atomic E-state index is 0.000904. The van der Waals surface area contributed by atoms with Gasteiger partial charge in [-0.25, -0.2) is 0 Å². The molecule has 0 radical (unpaired) electrons. The third-order valence-electron chi connectivity index (χ3n) is 4.17. The third kappa shape index (κ3) is 2.74. The van der Waals surface area contributed by atoms with E-state index in [1.165, 1.54) is 18.8 Å². The number of rotatable bonds is 5. The molecule has 5 heteroatoms. The second-order valence-corrected chi connectivity index (χ2v) is 5.55. The molecule has 1 aliphatic carbocycles. The van der Waals surface area contributed by atoms with Gasteiger partial charge in [0.25, 0.3) is 0 Å². The highest BCUT2D eigenvalue weighted by molar-refractivity contribution is 5.79. The standard InChI is InChI=1S/C16H19NO4/c18-15(12-4-1-2-5-12)17-11-16(19,13-7-9-20-10-13)14-6-3-8-21-14/h3,6-10,12,19H,1-2,4-5,11H2,(H,17,18)/t16-/m0/s1. The number of aliphatic hydroxyl groups is 1. The highest BCUT2D eigenvalue weighted by atomic mass is 16.4. The predicted octanol–water partition coefficient (Wildman–Crippen LogP) is 2.41. The van der Waals surface area contributed by atoms with Crippen LogP contribution in [-0.2, 0) is 10.4 Å². The van der Waals surface area contributed by atoms with Gasteiger partial charge in [-0.1, -0.05) is 12.8 Å². The smallest absolute Gasteiger partial charge is 0.223 e. The molecule has 0 aliphatic heterocycles. The van der Waals surface area contributed by atoms with Gasteiger partial charge in [-0.05, 0) is 31.0 Å². The van der Waals surface area contributed by atoms with Gasteiger partial charge in [0.1, 0.15) is 5.76 Å². The lowest BCUT2D eigenvalue weighted by molar-refractivity contribution is -0.125. The molecular weight excluding hydrogens is 270 g/mol. The molecular formula is C16H19NO4. The topological polar surface area (TPSA) is 75.6 Å². The maximum absolute atomic E-state index is 12.2. The van der Waals surface area contributed by atoms with Crippen LogP contribution < -0.4 is 5.32 Å². The minimum atomic E-state index is -1.41. The van der Waals surface area contributed by atoms with Crippen LogP contribution >= 0.6 is 0 Å². The van der Waals surface area contributed by atoms with Gasteiger partial charge in [-0.15, -0.1) is 0 Å². The monoisotopic (exact) mass is 289 g/mol. The number of furan rings is 2. The number of carbonyl (C=O) groups is 1. The second-order valence-electron chi connectivity index (χ2n) is 5.55. The molecule has 2 N–H and O–H groups in total. The summed E-state index contributed by atoms with van der Waals surface area (Å²) in [5, 5.41) is 13.8. The molecule has 2 aromatic heterocycles. The summed E-state index contributed by atoms with van der Waals surface area (Å²) in [6, 6.07) is 5.07. The zero-order valence-corrected chi connectivity index (χ0v) is 11.7. The molecule has 1 atom stereocenters. The molecule has 0 unspecified atom stereocenters. The Bertz CT molecular complexity index is 533. The Balaban J connectivity index is 1.76. The van der Waals surface area contributed by atoms with Crippen LogP contribution in [0.3, 0.4) is 0 Å². The molecule has 2 aromatic rings. The summed E-state index contributed by atoms with van der Waals surface area (Å²) in [5.74, 6) is 0.451. The van der Waals surface area contributed by atoms with Crippen molar-refractivity contribution in [2.24, 2.45) is 5.92 Å². The van der Waals surface area contributed by atoms with Gasteiger partial charge >= 0.3 is 0 Å². The van der Waals surface area contributed by atoms with Gasteiger partial charge < -0.3 is 19.3 Å². The van der Waals surface area contributed by atoms with Crippen molar-refractivity contribution < 1.29 is 18.7 Å². The fourth-order valence-electron chi connectivity index (χ4n) is 2.89. The van der Waals surface area contributed by atoms with Gasteiger partial charge in [0.15, 0.2) is 5.60 Å². The summed E-state index contributed by atoms with van der Waals surface area (Å²) >= 11 is 0. The number of carbonyl (C=O) groups excluding carboxylic acids is 1. The predicted molar refractivity (Wildman–Crippen MR) is 75.4 cm³/mol. The Labute approximate surface area is 122 Å². The number of nitrogens with one attached hydrogen (secondary N) is 1. The lowest BCUT2D eigenvalue weighted by Crippen LogP contribution is -2.43. The molecule has 3 rings (SSSR count). The summed E-state index contributed by atoms with van der Waals surface area (Å²) in [6.07, 6.45) is 8.50. The lowest BCUT2D eigenvalue weighted by Gasteiger charge is -2.26. The Morgan fingerprint density at radius 2 is 2.14 bits per heavy atom. The normalized spacial score (nSPS) is 18.5. The van der Waals surface area contributed by atoms with Gasteiger partial charge in [-0.2, -0.15) is 0 Å². The quantitative estimate of drug-likeness (QED) is 0.886. The summed E-state index contributed by atoms with van der Waals surface area (Å²) in [6.45, 7) is 0.0649. The summed E-state index contributed by atoms with van der Waals surface area (Å²) in [4.78, 5) is 12.2. The van der Waals surface area contributed by atoms with Crippen molar-refractivity contribution in [2.75, 3.05) is 6.54 Å². The van der Waals surface area contributed by atoms with Crippen molar-refractivity contribution in [3.63, 3.8) is 0 Å². The average molecular weight is 289 g/mol. The minimum Gasteiger partial charge on any atom is -0.472 e. The van der Waals surface area contributed by atoms with E-state index in [0.717, 1.165) is 25.7 Å². The Kier molecular flexibility index (Phi) is 3.84. The maximum atomic E-state index is 12.2. The first kappa shape index (κ1) is 13.9. The average Bonchev–Trinajstić information content (AvgIpc) is 3.27. The van der Waals surface area contributed by atoms with Crippen LogP contribution in [0.5, 0.6) is 0 Å². The number of amides is 1. The van der Waals surface area contributed by atoms with E-state index in [0.29, 0.717) is 11.3 Å². The summed E-state index contributed by atoms with van der Waals surface area (Å²) in [5.41, 5.74) is -0.853. The third-order valence-corrected chi connectivity index (χ3v) is 4.17. The molecule has 21 heavy (non-hydrogen) atoms. The maximum Gasteiger partial charge on any atom is 0.223 e. The van der Waals surface area contributed by atoms with Crippen LogP contribution in [0.25, 0.3) is 0 Å². The SMILES string of the molecule is O=C(NC[C@](O)(c1ccoc1)c1ccco1)C1CCCC1. The van der Waals surface area contributed by atoms with Crippen molar-refractivity contribution in [3.8, 4) is 0 Å². The van der Waals surface area contributed by atoms with Crippen molar-refractivity contribution in [1.82, 2.24) is 5.32 Å². The first-order valence-electron chi connectivity index (χ1n) is 7.27. The van der Waals surface area contributed by atoms with Crippen LogP contribution in [0.2, 0.25) is 0 Å². The molecule has 1 fully saturated rings. The van der Waals surface area contributed by atoms with E-state index in [4.69, 9.17) is 8.83 Å². The molecule has 0 bridgehead atoms. The number of hydrogen-bond acceptors (Lipinski definition) is 4. The van der Waals surface area contributed by atoms with Gasteiger partial charge in [0, 0.05) is 11.5 Å². The molecule has 1 aliphatic rings.